The van der Waals surface area contributed by atoms with Gasteiger partial charge in [0.05, 0.1) is 20.4 Å². The number of carbonyl (C=O) groups is 1. The average Bonchev–Trinajstić information content (AvgIpc) is 2.29. The van der Waals surface area contributed by atoms with Gasteiger partial charge in [0, 0.05) is 0 Å². The van der Waals surface area contributed by atoms with Crippen LogP contribution in [0.4, 0.5) is 10.1 Å². The first-order chi connectivity index (χ1) is 8.36. The zero-order valence-corrected chi connectivity index (χ0v) is 11.6. The molecule has 5 nitrogen and oxygen atoms in total. The molecule has 0 amide bonds. The number of thioether (sulfide) groups is 1. The molecule has 1 aromatic rings. The van der Waals surface area contributed by atoms with Crippen LogP contribution in [-0.2, 0) is 4.79 Å². The van der Waals surface area contributed by atoms with E-state index in [9.17, 15) is 19.3 Å². The molecule has 1 aromatic carbocycles. The highest BCUT2D eigenvalue weighted by Gasteiger charge is 2.24. The van der Waals surface area contributed by atoms with Crippen molar-refractivity contribution in [3.05, 3.63) is 32.5 Å². The van der Waals surface area contributed by atoms with E-state index in [0.29, 0.717) is 6.42 Å². The van der Waals surface area contributed by atoms with Crippen LogP contribution in [0.15, 0.2) is 21.5 Å². The van der Waals surface area contributed by atoms with Crippen molar-refractivity contribution in [1.29, 1.82) is 0 Å². The van der Waals surface area contributed by atoms with Crippen LogP contribution >= 0.6 is 27.7 Å². The highest BCUT2D eigenvalue weighted by Crippen LogP contribution is 2.36. The summed E-state index contributed by atoms with van der Waals surface area (Å²) in [7, 11) is 0. The molecule has 0 fully saturated rings. The molecule has 0 radical (unpaired) electrons. The van der Waals surface area contributed by atoms with Crippen molar-refractivity contribution < 1.29 is 19.2 Å². The molecule has 1 atom stereocenters. The number of halogens is 2. The number of carboxylic acids is 1. The third-order valence-corrected chi connectivity index (χ3v) is 4.12. The van der Waals surface area contributed by atoms with Gasteiger partial charge in [0.15, 0.2) is 0 Å². The number of hydrogen-bond donors (Lipinski definition) is 1. The van der Waals surface area contributed by atoms with E-state index < -0.39 is 27.6 Å². The second-order valence-corrected chi connectivity index (χ2v) is 5.44. The number of benzene rings is 1. The zero-order chi connectivity index (χ0) is 13.9. The van der Waals surface area contributed by atoms with Gasteiger partial charge in [-0.25, -0.2) is 4.39 Å². The second-order valence-electron chi connectivity index (χ2n) is 3.34. The minimum absolute atomic E-state index is 0.0656. The molecule has 1 rings (SSSR count). The van der Waals surface area contributed by atoms with Crippen LogP contribution in [0.5, 0.6) is 0 Å². The molecule has 98 valence electrons. The summed E-state index contributed by atoms with van der Waals surface area (Å²) < 4.78 is 13.3. The van der Waals surface area contributed by atoms with E-state index in [1.54, 1.807) is 6.92 Å². The Morgan fingerprint density at radius 3 is 2.72 bits per heavy atom. The summed E-state index contributed by atoms with van der Waals surface area (Å²) in [5.41, 5.74) is -0.430. The normalized spacial score (nSPS) is 12.2. The summed E-state index contributed by atoms with van der Waals surface area (Å²) in [5.74, 6) is -1.81. The fraction of sp³-hybridized carbons (Fsp3) is 0.300. The van der Waals surface area contributed by atoms with Crippen LogP contribution in [0.3, 0.4) is 0 Å². The number of carboxylic acid groups (broad SMARTS) is 1. The lowest BCUT2D eigenvalue weighted by molar-refractivity contribution is -0.387. The van der Waals surface area contributed by atoms with Crippen molar-refractivity contribution >= 4 is 39.3 Å². The quantitative estimate of drug-likeness (QED) is 0.505. The molecule has 1 unspecified atom stereocenters. The van der Waals surface area contributed by atoms with Crippen LogP contribution in [0.2, 0.25) is 0 Å². The molecule has 0 aliphatic carbocycles. The largest absolute Gasteiger partial charge is 0.480 e. The molecule has 0 aliphatic rings. The van der Waals surface area contributed by atoms with E-state index in [1.165, 1.54) is 6.07 Å². The predicted octanol–water partition coefficient (Wildman–Crippen LogP) is 3.45. The van der Waals surface area contributed by atoms with Gasteiger partial charge < -0.3 is 5.11 Å². The Labute approximate surface area is 115 Å². The summed E-state index contributed by atoms with van der Waals surface area (Å²) in [6.45, 7) is 1.66. The molecule has 0 spiro atoms. The Bertz CT molecular complexity index is 497. The average molecular weight is 338 g/mol. The third kappa shape index (κ3) is 3.42. The van der Waals surface area contributed by atoms with Gasteiger partial charge in [0.2, 0.25) is 0 Å². The smallest absolute Gasteiger partial charge is 0.316 e. The second kappa shape index (κ2) is 6.14. The number of nitro groups is 1. The molecule has 0 saturated carbocycles. The Kier molecular flexibility index (Phi) is 5.09. The molecule has 1 N–H and O–H groups in total. The van der Waals surface area contributed by atoms with Gasteiger partial charge in [-0.3, -0.25) is 14.9 Å². The fourth-order valence-corrected chi connectivity index (χ4v) is 2.73. The molecule has 0 aliphatic heterocycles. The van der Waals surface area contributed by atoms with Crippen molar-refractivity contribution in [1.82, 2.24) is 0 Å². The van der Waals surface area contributed by atoms with Crippen LogP contribution in [0, 0.1) is 15.9 Å². The molecule has 8 heteroatoms. The van der Waals surface area contributed by atoms with Crippen molar-refractivity contribution in [3.63, 3.8) is 0 Å². The Morgan fingerprint density at radius 2 is 2.28 bits per heavy atom. The zero-order valence-electron chi connectivity index (χ0n) is 9.22. The molecular formula is C10H9BrFNO4S. The summed E-state index contributed by atoms with van der Waals surface area (Å²) in [6, 6.07) is 2.00. The topological polar surface area (TPSA) is 80.4 Å². The van der Waals surface area contributed by atoms with Crippen LogP contribution in [0.25, 0.3) is 0 Å². The molecule has 0 bridgehead atoms. The maximum absolute atomic E-state index is 13.2. The number of rotatable bonds is 5. The van der Waals surface area contributed by atoms with Gasteiger partial charge in [-0.2, -0.15) is 0 Å². The van der Waals surface area contributed by atoms with E-state index in [1.807, 2.05) is 0 Å². The van der Waals surface area contributed by atoms with Gasteiger partial charge >= 0.3 is 5.97 Å². The van der Waals surface area contributed by atoms with E-state index in [2.05, 4.69) is 15.9 Å². The first-order valence-corrected chi connectivity index (χ1v) is 6.57. The maximum Gasteiger partial charge on any atom is 0.316 e. The lowest BCUT2D eigenvalue weighted by Gasteiger charge is -2.10. The van der Waals surface area contributed by atoms with E-state index in [4.69, 9.17) is 5.11 Å². The lowest BCUT2D eigenvalue weighted by Crippen LogP contribution is -2.15. The third-order valence-electron chi connectivity index (χ3n) is 2.11. The summed E-state index contributed by atoms with van der Waals surface area (Å²) in [5, 5.41) is 18.9. The number of hydrogen-bond acceptors (Lipinski definition) is 4. The van der Waals surface area contributed by atoms with Crippen molar-refractivity contribution in [2.24, 2.45) is 0 Å². The monoisotopic (exact) mass is 337 g/mol. The molecule has 0 saturated heterocycles. The molecule has 0 heterocycles. The maximum atomic E-state index is 13.2. The summed E-state index contributed by atoms with van der Waals surface area (Å²) >= 11 is 3.76. The number of nitro benzene ring substituents is 1. The highest BCUT2D eigenvalue weighted by molar-refractivity contribution is 9.10. The molecule has 18 heavy (non-hydrogen) atoms. The van der Waals surface area contributed by atoms with E-state index >= 15 is 0 Å². The first-order valence-electron chi connectivity index (χ1n) is 4.89. The SMILES string of the molecule is CCC(Sc1cc(Br)c(F)cc1[N+](=O)[O-])C(=O)O. The highest BCUT2D eigenvalue weighted by atomic mass is 79.9. The van der Waals surface area contributed by atoms with Crippen molar-refractivity contribution in [2.75, 3.05) is 0 Å². The van der Waals surface area contributed by atoms with Crippen molar-refractivity contribution in [3.8, 4) is 0 Å². The lowest BCUT2D eigenvalue weighted by atomic mass is 10.3. The van der Waals surface area contributed by atoms with Gasteiger partial charge in [-0.1, -0.05) is 6.92 Å². The fourth-order valence-electron chi connectivity index (χ4n) is 1.22. The van der Waals surface area contributed by atoms with Gasteiger partial charge in [-0.05, 0) is 28.4 Å². The van der Waals surface area contributed by atoms with Crippen LogP contribution in [0.1, 0.15) is 13.3 Å². The van der Waals surface area contributed by atoms with Crippen molar-refractivity contribution in [2.45, 2.75) is 23.5 Å². The summed E-state index contributed by atoms with van der Waals surface area (Å²) in [4.78, 5) is 21.1. The molecule has 0 aromatic heterocycles. The number of aliphatic carboxylic acids is 1. The van der Waals surface area contributed by atoms with Gasteiger partial charge in [0.25, 0.3) is 5.69 Å². The van der Waals surface area contributed by atoms with Crippen LogP contribution in [-0.4, -0.2) is 21.2 Å². The summed E-state index contributed by atoms with van der Waals surface area (Å²) in [6.07, 6.45) is 0.312. The van der Waals surface area contributed by atoms with Crippen LogP contribution < -0.4 is 0 Å². The number of nitrogens with zero attached hydrogens (tertiary/aromatic N) is 1. The minimum atomic E-state index is -1.06. The Morgan fingerprint density at radius 1 is 1.67 bits per heavy atom. The molecular weight excluding hydrogens is 329 g/mol. The van der Waals surface area contributed by atoms with Gasteiger partial charge in [0.1, 0.15) is 11.1 Å². The van der Waals surface area contributed by atoms with E-state index in [0.717, 1.165) is 17.8 Å². The standard InChI is InChI=1S/C10H9BrFNO4S/c1-2-8(10(14)15)18-9-3-5(11)6(12)4-7(9)13(16)17/h3-4,8H,2H2,1H3,(H,14,15). The minimum Gasteiger partial charge on any atom is -0.480 e. The Hall–Kier alpha value is -1.15. The predicted molar refractivity (Wildman–Crippen MR) is 68.3 cm³/mol. The van der Waals surface area contributed by atoms with E-state index in [-0.39, 0.29) is 9.37 Å². The van der Waals surface area contributed by atoms with Gasteiger partial charge in [-0.15, -0.1) is 11.8 Å². The Balaban J connectivity index is 3.18. The first kappa shape index (κ1) is 14.9.